The lowest BCUT2D eigenvalue weighted by Crippen LogP contribution is -2.24. The van der Waals surface area contributed by atoms with E-state index in [2.05, 4.69) is 5.32 Å². The lowest BCUT2D eigenvalue weighted by molar-refractivity contribution is -0.144. The van der Waals surface area contributed by atoms with Crippen molar-refractivity contribution in [3.63, 3.8) is 0 Å². The van der Waals surface area contributed by atoms with Crippen LogP contribution in [-0.4, -0.2) is 25.5 Å². The van der Waals surface area contributed by atoms with Crippen molar-refractivity contribution >= 4 is 18.0 Å². The number of amides is 1. The van der Waals surface area contributed by atoms with Gasteiger partial charge in [0.2, 0.25) is 5.91 Å². The van der Waals surface area contributed by atoms with E-state index in [-0.39, 0.29) is 31.4 Å². The molecular formula is C21H23NO4. The highest BCUT2D eigenvalue weighted by Crippen LogP contribution is 2.12. The van der Waals surface area contributed by atoms with E-state index >= 15 is 0 Å². The summed E-state index contributed by atoms with van der Waals surface area (Å²) in [5.41, 5.74) is 2.99. The number of rotatable bonds is 8. The van der Waals surface area contributed by atoms with Gasteiger partial charge in [-0.1, -0.05) is 42.0 Å². The molecule has 0 aliphatic heterocycles. The number of carbonyl (C=O) groups excluding carboxylic acids is 2. The zero-order valence-electron chi connectivity index (χ0n) is 15.0. The largest absolute Gasteiger partial charge is 0.497 e. The summed E-state index contributed by atoms with van der Waals surface area (Å²) >= 11 is 0. The number of aryl methyl sites for hydroxylation is 1. The fraction of sp³-hybridized carbons (Fsp3) is 0.238. The van der Waals surface area contributed by atoms with Crippen LogP contribution in [-0.2, 0) is 20.9 Å². The van der Waals surface area contributed by atoms with E-state index in [1.54, 1.807) is 13.2 Å². The molecule has 0 bridgehead atoms. The molecule has 0 aromatic heterocycles. The average Bonchev–Trinajstić information content (AvgIpc) is 2.66. The van der Waals surface area contributed by atoms with Crippen molar-refractivity contribution < 1.29 is 19.1 Å². The van der Waals surface area contributed by atoms with E-state index in [0.717, 1.165) is 22.4 Å². The van der Waals surface area contributed by atoms with Gasteiger partial charge < -0.3 is 14.8 Å². The number of benzene rings is 2. The fourth-order valence-corrected chi connectivity index (χ4v) is 2.15. The van der Waals surface area contributed by atoms with Crippen molar-refractivity contribution in [2.24, 2.45) is 0 Å². The second kappa shape index (κ2) is 10.0. The minimum Gasteiger partial charge on any atom is -0.497 e. The Labute approximate surface area is 153 Å². The molecule has 0 unspecified atom stereocenters. The van der Waals surface area contributed by atoms with Crippen LogP contribution in [0.1, 0.15) is 23.1 Å². The summed E-state index contributed by atoms with van der Waals surface area (Å²) in [7, 11) is 1.60. The Morgan fingerprint density at radius 1 is 1.04 bits per heavy atom. The molecule has 2 aromatic rings. The molecule has 0 spiro atoms. The highest BCUT2D eigenvalue weighted by molar-refractivity contribution is 5.91. The topological polar surface area (TPSA) is 64.6 Å². The van der Waals surface area contributed by atoms with Gasteiger partial charge in [-0.3, -0.25) is 9.59 Å². The Bertz CT molecular complexity index is 749. The predicted octanol–water partition coefficient (Wildman–Crippen LogP) is 3.27. The van der Waals surface area contributed by atoms with Gasteiger partial charge >= 0.3 is 5.97 Å². The number of carbonyl (C=O) groups is 2. The molecule has 2 rings (SSSR count). The molecule has 136 valence electrons. The summed E-state index contributed by atoms with van der Waals surface area (Å²) < 4.78 is 10.3. The molecule has 5 heteroatoms. The van der Waals surface area contributed by atoms with E-state index < -0.39 is 0 Å². The van der Waals surface area contributed by atoms with Crippen molar-refractivity contribution in [3.8, 4) is 5.75 Å². The Morgan fingerprint density at radius 2 is 1.73 bits per heavy atom. The minimum atomic E-state index is -0.343. The van der Waals surface area contributed by atoms with Crippen LogP contribution in [0.5, 0.6) is 5.75 Å². The molecule has 0 atom stereocenters. The maximum Gasteiger partial charge on any atom is 0.307 e. The van der Waals surface area contributed by atoms with Crippen molar-refractivity contribution in [3.05, 3.63) is 71.3 Å². The van der Waals surface area contributed by atoms with Gasteiger partial charge in [-0.05, 0) is 36.3 Å². The number of methoxy groups -OCH3 is 1. The molecule has 5 nitrogen and oxygen atoms in total. The molecule has 1 N–H and O–H groups in total. The van der Waals surface area contributed by atoms with Crippen molar-refractivity contribution in [2.75, 3.05) is 13.7 Å². The van der Waals surface area contributed by atoms with Gasteiger partial charge in [0.25, 0.3) is 0 Å². The van der Waals surface area contributed by atoms with Gasteiger partial charge in [-0.2, -0.15) is 0 Å². The highest BCUT2D eigenvalue weighted by Gasteiger charge is 2.04. The molecule has 0 radical (unpaired) electrons. The third-order valence-corrected chi connectivity index (χ3v) is 3.69. The highest BCUT2D eigenvalue weighted by atomic mass is 16.5. The summed E-state index contributed by atoms with van der Waals surface area (Å²) in [6.07, 6.45) is 3.26. The van der Waals surface area contributed by atoms with Crippen LogP contribution in [0.2, 0.25) is 0 Å². The lowest BCUT2D eigenvalue weighted by Gasteiger charge is -2.06. The average molecular weight is 353 g/mol. The van der Waals surface area contributed by atoms with Crippen molar-refractivity contribution in [1.29, 1.82) is 0 Å². The molecule has 0 aliphatic carbocycles. The van der Waals surface area contributed by atoms with Crippen LogP contribution in [0.15, 0.2) is 54.6 Å². The second-order valence-electron chi connectivity index (χ2n) is 5.79. The molecule has 26 heavy (non-hydrogen) atoms. The molecule has 0 fully saturated rings. The van der Waals surface area contributed by atoms with E-state index in [1.165, 1.54) is 6.08 Å². The standard InChI is InChI=1S/C21H23NO4/c1-16-3-5-18(6-4-16)15-26-21(24)13-14-22-20(23)12-9-17-7-10-19(25-2)11-8-17/h3-12H,13-15H2,1-2H3,(H,22,23)/b12-9+. The number of hydrogen-bond acceptors (Lipinski definition) is 4. The van der Waals surface area contributed by atoms with E-state index in [4.69, 9.17) is 9.47 Å². The normalized spacial score (nSPS) is 10.5. The molecule has 0 saturated carbocycles. The van der Waals surface area contributed by atoms with E-state index in [9.17, 15) is 9.59 Å². The lowest BCUT2D eigenvalue weighted by atomic mass is 10.2. The van der Waals surface area contributed by atoms with Crippen LogP contribution >= 0.6 is 0 Å². The smallest absolute Gasteiger partial charge is 0.307 e. The van der Waals surface area contributed by atoms with Gasteiger partial charge in [-0.25, -0.2) is 0 Å². The summed E-state index contributed by atoms with van der Waals surface area (Å²) in [5.74, 6) is 0.160. The molecule has 0 aliphatic rings. The Hall–Kier alpha value is -3.08. The SMILES string of the molecule is COc1ccc(/C=C/C(=O)NCCC(=O)OCc2ccc(C)cc2)cc1. The molecule has 0 heterocycles. The quantitative estimate of drug-likeness (QED) is 0.584. The van der Waals surface area contributed by atoms with Gasteiger partial charge in [0.15, 0.2) is 0 Å². The monoisotopic (exact) mass is 353 g/mol. The van der Waals surface area contributed by atoms with Crippen LogP contribution < -0.4 is 10.1 Å². The first kappa shape index (κ1) is 19.2. The Kier molecular flexibility index (Phi) is 7.43. The molecular weight excluding hydrogens is 330 g/mol. The van der Waals surface area contributed by atoms with Crippen LogP contribution in [0, 0.1) is 6.92 Å². The first-order chi connectivity index (χ1) is 12.6. The van der Waals surface area contributed by atoms with Crippen LogP contribution in [0.25, 0.3) is 6.08 Å². The minimum absolute atomic E-state index is 0.133. The van der Waals surface area contributed by atoms with E-state index in [1.807, 2.05) is 55.5 Å². The summed E-state index contributed by atoms with van der Waals surface area (Å²) in [4.78, 5) is 23.5. The van der Waals surface area contributed by atoms with Crippen molar-refractivity contribution in [1.82, 2.24) is 5.32 Å². The maximum atomic E-state index is 11.8. The summed E-state index contributed by atoms with van der Waals surface area (Å²) in [5, 5.41) is 2.66. The Balaban J connectivity index is 1.66. The maximum absolute atomic E-state index is 11.8. The first-order valence-electron chi connectivity index (χ1n) is 8.38. The van der Waals surface area contributed by atoms with Crippen LogP contribution in [0.3, 0.4) is 0 Å². The zero-order chi connectivity index (χ0) is 18.8. The molecule has 1 amide bonds. The first-order valence-corrected chi connectivity index (χ1v) is 8.38. The fourth-order valence-electron chi connectivity index (χ4n) is 2.15. The summed E-state index contributed by atoms with van der Waals surface area (Å²) in [6.45, 7) is 2.48. The van der Waals surface area contributed by atoms with Gasteiger partial charge in [0.1, 0.15) is 12.4 Å². The Morgan fingerprint density at radius 3 is 2.38 bits per heavy atom. The third kappa shape index (κ3) is 6.81. The predicted molar refractivity (Wildman–Crippen MR) is 101 cm³/mol. The van der Waals surface area contributed by atoms with Gasteiger partial charge in [-0.15, -0.1) is 0 Å². The second-order valence-corrected chi connectivity index (χ2v) is 5.79. The molecule has 2 aromatic carbocycles. The summed E-state index contributed by atoms with van der Waals surface area (Å²) in [6, 6.07) is 15.1. The van der Waals surface area contributed by atoms with Gasteiger partial charge in [0, 0.05) is 12.6 Å². The zero-order valence-corrected chi connectivity index (χ0v) is 15.0. The van der Waals surface area contributed by atoms with Crippen molar-refractivity contribution in [2.45, 2.75) is 20.0 Å². The van der Waals surface area contributed by atoms with E-state index in [0.29, 0.717) is 0 Å². The molecule has 0 saturated heterocycles. The number of hydrogen-bond donors (Lipinski definition) is 1. The third-order valence-electron chi connectivity index (χ3n) is 3.69. The number of nitrogens with one attached hydrogen (secondary N) is 1. The van der Waals surface area contributed by atoms with Crippen LogP contribution in [0.4, 0.5) is 0 Å². The van der Waals surface area contributed by atoms with Gasteiger partial charge in [0.05, 0.1) is 13.5 Å². The number of ether oxygens (including phenoxy) is 2. The number of esters is 1.